The topological polar surface area (TPSA) is 0 Å². The molecule has 7 heavy (non-hydrogen) atoms. The summed E-state index contributed by atoms with van der Waals surface area (Å²) in [6, 6.07) is 0. The van der Waals surface area contributed by atoms with Crippen molar-refractivity contribution < 1.29 is 0 Å². The molecule has 0 bridgehead atoms. The molecule has 1 radical (unpaired) electrons. The summed E-state index contributed by atoms with van der Waals surface area (Å²) in [4.78, 5) is 0. The first-order chi connectivity index (χ1) is 3.13. The van der Waals surface area contributed by atoms with Gasteiger partial charge in [0.25, 0.3) is 0 Å². The summed E-state index contributed by atoms with van der Waals surface area (Å²) in [6.07, 6.45) is 0. The molecule has 0 aliphatic carbocycles. The van der Waals surface area contributed by atoms with Crippen molar-refractivity contribution in [2.24, 2.45) is 0 Å². The molecule has 0 nitrogen and oxygen atoms in total. The normalized spacial score (nSPS) is 10.6. The second-order valence-electron chi connectivity index (χ2n) is 2.34. The first kappa shape index (κ1) is 7.88. The van der Waals surface area contributed by atoms with E-state index in [1.54, 1.807) is 0 Å². The van der Waals surface area contributed by atoms with Crippen LogP contribution in [0, 0.1) is 0 Å². The third-order valence-electron chi connectivity index (χ3n) is 0.596. The number of hydrogen-bond acceptors (Lipinski definition) is 0. The molecule has 0 fully saturated rings. The molecule has 0 spiro atoms. The number of rotatable bonds is 2. The maximum atomic E-state index is 2.34. The quantitative estimate of drug-likeness (QED) is 0.686. The third kappa shape index (κ3) is 6.88. The second kappa shape index (κ2) is 3.83. The van der Waals surface area contributed by atoms with Crippen molar-refractivity contribution in [3.8, 4) is 0 Å². The van der Waals surface area contributed by atoms with Crippen LogP contribution in [0.25, 0.3) is 0 Å². The van der Waals surface area contributed by atoms with Crippen LogP contribution in [-0.2, 0) is 0 Å². The van der Waals surface area contributed by atoms with Crippen LogP contribution < -0.4 is 0 Å². The minimum atomic E-state index is -0.0432. The van der Waals surface area contributed by atoms with Gasteiger partial charge in [-0.3, -0.25) is 0 Å². The predicted molar refractivity (Wildman–Crippen MR) is 35.9 cm³/mol. The summed E-state index contributed by atoms with van der Waals surface area (Å²) in [5.74, 6) is 0. The SMILES string of the molecule is C[CH](C)[Bi+2][CH](C)C. The van der Waals surface area contributed by atoms with Crippen LogP contribution >= 0.6 is 0 Å². The van der Waals surface area contributed by atoms with E-state index in [4.69, 9.17) is 0 Å². The van der Waals surface area contributed by atoms with Crippen molar-refractivity contribution in [3.63, 3.8) is 0 Å². The summed E-state index contributed by atoms with van der Waals surface area (Å²) in [5.41, 5.74) is 0. The van der Waals surface area contributed by atoms with E-state index in [-0.39, 0.29) is 23.2 Å². The van der Waals surface area contributed by atoms with Gasteiger partial charge in [0.15, 0.2) is 0 Å². The summed E-state index contributed by atoms with van der Waals surface area (Å²) < 4.78 is 2.11. The molecule has 0 atom stereocenters. The summed E-state index contributed by atoms with van der Waals surface area (Å²) in [5, 5.41) is 0. The molecule has 0 heterocycles. The average Bonchev–Trinajstić information content (AvgIpc) is 1.27. The summed E-state index contributed by atoms with van der Waals surface area (Å²) in [6.45, 7) is 9.38. The zero-order chi connectivity index (χ0) is 5.86. The second-order valence-corrected chi connectivity index (χ2v) is 11.5. The molecule has 0 aromatic heterocycles. The molecule has 1 heteroatoms. The monoisotopic (exact) mass is 295 g/mol. The Morgan fingerprint density at radius 3 is 1.14 bits per heavy atom. The van der Waals surface area contributed by atoms with E-state index in [9.17, 15) is 0 Å². The van der Waals surface area contributed by atoms with Gasteiger partial charge in [-0.15, -0.1) is 0 Å². The van der Waals surface area contributed by atoms with Crippen molar-refractivity contribution >= 4 is 23.2 Å². The molecule has 0 saturated carbocycles. The van der Waals surface area contributed by atoms with Gasteiger partial charge >= 0.3 is 58.2 Å². The minimum absolute atomic E-state index is 0.0432. The van der Waals surface area contributed by atoms with Gasteiger partial charge < -0.3 is 0 Å². The predicted octanol–water partition coefficient (Wildman–Crippen LogP) is 2.35. The van der Waals surface area contributed by atoms with Crippen LogP contribution in [0.1, 0.15) is 27.7 Å². The van der Waals surface area contributed by atoms with Crippen molar-refractivity contribution in [3.05, 3.63) is 0 Å². The molecule has 0 amide bonds. The molecular formula is C6H14Bi+2. The van der Waals surface area contributed by atoms with Crippen molar-refractivity contribution in [1.29, 1.82) is 0 Å². The molecule has 0 saturated heterocycles. The zero-order valence-corrected chi connectivity index (χ0v) is 9.08. The Kier molecular flexibility index (Phi) is 4.32. The standard InChI is InChI=1S/2C3H7.Bi/c2*1-3-2;/h2*3H,1-2H3;/q;;+2. The molecular weight excluding hydrogens is 281 g/mol. The van der Waals surface area contributed by atoms with Gasteiger partial charge in [-0.05, 0) is 0 Å². The molecule has 0 unspecified atom stereocenters. The van der Waals surface area contributed by atoms with Gasteiger partial charge in [-0.1, -0.05) is 0 Å². The Balaban J connectivity index is 2.95. The number of hydrogen-bond donors (Lipinski definition) is 0. The molecule has 0 N–H and O–H groups in total. The summed E-state index contributed by atoms with van der Waals surface area (Å²) >= 11 is -0.0432. The molecule has 0 aromatic carbocycles. The van der Waals surface area contributed by atoms with Gasteiger partial charge in [0, 0.05) is 0 Å². The first-order valence-electron chi connectivity index (χ1n) is 2.83. The Morgan fingerprint density at radius 1 is 0.857 bits per heavy atom. The van der Waals surface area contributed by atoms with Crippen LogP contribution in [0.4, 0.5) is 0 Å². The van der Waals surface area contributed by atoms with E-state index >= 15 is 0 Å². The van der Waals surface area contributed by atoms with Crippen LogP contribution in [0.3, 0.4) is 0 Å². The van der Waals surface area contributed by atoms with Crippen molar-refractivity contribution in [2.45, 2.75) is 34.9 Å². The molecule has 0 aromatic rings. The Bertz CT molecular complexity index is 33.4. The van der Waals surface area contributed by atoms with E-state index in [1.165, 1.54) is 0 Å². The summed E-state index contributed by atoms with van der Waals surface area (Å²) in [7, 11) is 0. The fraction of sp³-hybridized carbons (Fsp3) is 1.00. The Labute approximate surface area is 58.3 Å². The fourth-order valence-corrected chi connectivity index (χ4v) is 5.23. The van der Waals surface area contributed by atoms with Crippen LogP contribution in [-0.4, -0.2) is 23.2 Å². The Morgan fingerprint density at radius 2 is 1.14 bits per heavy atom. The first-order valence-corrected chi connectivity index (χ1v) is 6.84. The Hall–Kier alpha value is 0.883. The molecule has 41 valence electrons. The van der Waals surface area contributed by atoms with Gasteiger partial charge in [-0.25, -0.2) is 0 Å². The maximum absolute atomic E-state index is 2.34. The zero-order valence-electron chi connectivity index (χ0n) is 5.60. The van der Waals surface area contributed by atoms with Crippen molar-refractivity contribution in [1.82, 2.24) is 0 Å². The molecule has 0 aliphatic rings. The average molecular weight is 295 g/mol. The van der Waals surface area contributed by atoms with Crippen LogP contribution in [0.2, 0.25) is 7.25 Å². The third-order valence-corrected chi connectivity index (χ3v) is 5.23. The van der Waals surface area contributed by atoms with E-state index in [2.05, 4.69) is 27.7 Å². The van der Waals surface area contributed by atoms with E-state index < -0.39 is 0 Å². The van der Waals surface area contributed by atoms with Gasteiger partial charge in [0.1, 0.15) is 0 Å². The van der Waals surface area contributed by atoms with E-state index in [1.807, 2.05) is 0 Å². The van der Waals surface area contributed by atoms with Crippen LogP contribution in [0.15, 0.2) is 0 Å². The molecule has 0 aliphatic heterocycles. The van der Waals surface area contributed by atoms with E-state index in [0.717, 1.165) is 7.25 Å². The van der Waals surface area contributed by atoms with Crippen molar-refractivity contribution in [2.75, 3.05) is 0 Å². The van der Waals surface area contributed by atoms with E-state index in [0.29, 0.717) is 0 Å². The van der Waals surface area contributed by atoms with Gasteiger partial charge in [0.2, 0.25) is 0 Å². The van der Waals surface area contributed by atoms with Crippen LogP contribution in [0.5, 0.6) is 0 Å². The fourth-order valence-electron chi connectivity index (χ4n) is 0.596. The van der Waals surface area contributed by atoms with Gasteiger partial charge in [-0.2, -0.15) is 0 Å². The molecule has 0 rings (SSSR count). The van der Waals surface area contributed by atoms with Gasteiger partial charge in [0.05, 0.1) is 0 Å².